The van der Waals surface area contributed by atoms with Crippen LogP contribution in [0.4, 0.5) is 0 Å². The maximum absolute atomic E-state index is 12.3. The monoisotopic (exact) mass is 274 g/mol. The lowest BCUT2D eigenvalue weighted by molar-refractivity contribution is -0.135. The summed E-state index contributed by atoms with van der Waals surface area (Å²) in [7, 11) is 0. The highest BCUT2D eigenvalue weighted by Crippen LogP contribution is 2.38. The summed E-state index contributed by atoms with van der Waals surface area (Å²) in [4.78, 5) is 25.1. The van der Waals surface area contributed by atoms with Gasteiger partial charge in [0.1, 0.15) is 0 Å². The van der Waals surface area contributed by atoms with Crippen LogP contribution in [0.1, 0.15) is 38.7 Å². The Morgan fingerprint density at radius 1 is 1.30 bits per heavy atom. The fourth-order valence-electron chi connectivity index (χ4n) is 2.93. The van der Waals surface area contributed by atoms with Crippen molar-refractivity contribution in [3.8, 4) is 0 Å². The van der Waals surface area contributed by atoms with Gasteiger partial charge in [-0.2, -0.15) is 0 Å². The zero-order valence-electron chi connectivity index (χ0n) is 12.3. The van der Waals surface area contributed by atoms with Crippen LogP contribution in [0, 0.1) is 0 Å². The maximum Gasteiger partial charge on any atom is 0.242 e. The van der Waals surface area contributed by atoms with E-state index in [-0.39, 0.29) is 23.9 Å². The van der Waals surface area contributed by atoms with Crippen LogP contribution in [0.25, 0.3) is 0 Å². The van der Waals surface area contributed by atoms with E-state index in [2.05, 4.69) is 31.3 Å². The first-order chi connectivity index (χ1) is 9.40. The van der Waals surface area contributed by atoms with E-state index >= 15 is 0 Å². The molecule has 0 bridgehead atoms. The summed E-state index contributed by atoms with van der Waals surface area (Å²) >= 11 is 0. The molecular weight excluding hydrogens is 252 g/mol. The summed E-state index contributed by atoms with van der Waals surface area (Å²) in [6, 6.07) is 10.3. The number of nitrogens with one attached hydrogen (secondary N) is 1. The average molecular weight is 274 g/mol. The number of hydrogen-bond acceptors (Lipinski definition) is 2. The van der Waals surface area contributed by atoms with Crippen LogP contribution in [0.15, 0.2) is 30.3 Å². The average Bonchev–Trinajstić information content (AvgIpc) is 2.73. The van der Waals surface area contributed by atoms with Gasteiger partial charge in [0.2, 0.25) is 11.8 Å². The predicted molar refractivity (Wildman–Crippen MR) is 78.3 cm³/mol. The van der Waals surface area contributed by atoms with Gasteiger partial charge in [0.05, 0.1) is 6.54 Å². The van der Waals surface area contributed by atoms with Gasteiger partial charge in [-0.3, -0.25) is 9.59 Å². The highest BCUT2D eigenvalue weighted by atomic mass is 16.2. The van der Waals surface area contributed by atoms with Gasteiger partial charge in [0.15, 0.2) is 0 Å². The van der Waals surface area contributed by atoms with Crippen molar-refractivity contribution in [2.24, 2.45) is 0 Å². The molecule has 1 aromatic rings. The van der Waals surface area contributed by atoms with E-state index in [0.29, 0.717) is 5.92 Å². The quantitative estimate of drug-likeness (QED) is 0.915. The lowest BCUT2D eigenvalue weighted by atomic mass is 9.91. The molecule has 1 atom stereocenters. The van der Waals surface area contributed by atoms with Crippen LogP contribution in [0.5, 0.6) is 0 Å². The molecule has 0 aliphatic carbocycles. The number of hydrogen-bond donors (Lipinski definition) is 1. The van der Waals surface area contributed by atoms with E-state index in [1.165, 1.54) is 12.5 Å². The lowest BCUT2D eigenvalue weighted by Crippen LogP contribution is -2.47. The third kappa shape index (κ3) is 3.18. The molecule has 2 rings (SSSR count). The van der Waals surface area contributed by atoms with Gasteiger partial charge in [-0.05, 0) is 25.8 Å². The van der Waals surface area contributed by atoms with Gasteiger partial charge in [-0.1, -0.05) is 30.3 Å². The minimum absolute atomic E-state index is 0.0105. The topological polar surface area (TPSA) is 49.4 Å². The highest BCUT2D eigenvalue weighted by Gasteiger charge is 2.41. The molecule has 1 heterocycles. The Balaban J connectivity index is 2.07. The largest absolute Gasteiger partial charge is 0.347 e. The third-order valence-corrected chi connectivity index (χ3v) is 3.94. The molecule has 20 heavy (non-hydrogen) atoms. The molecule has 1 aliphatic heterocycles. The number of rotatable bonds is 3. The Labute approximate surface area is 120 Å². The lowest BCUT2D eigenvalue weighted by Gasteiger charge is -2.31. The Hall–Kier alpha value is -1.84. The number of likely N-dealkylation sites (tertiary alicyclic amines) is 1. The maximum atomic E-state index is 12.3. The molecule has 1 saturated heterocycles. The Morgan fingerprint density at radius 3 is 2.55 bits per heavy atom. The van der Waals surface area contributed by atoms with Gasteiger partial charge in [0, 0.05) is 24.9 Å². The summed E-state index contributed by atoms with van der Waals surface area (Å²) in [6.45, 7) is 6.40. The van der Waals surface area contributed by atoms with Crippen molar-refractivity contribution in [2.45, 2.75) is 38.6 Å². The summed E-state index contributed by atoms with van der Waals surface area (Å²) in [5.74, 6) is 0.186. The van der Waals surface area contributed by atoms with Gasteiger partial charge in [-0.15, -0.1) is 0 Å². The Morgan fingerprint density at radius 2 is 1.95 bits per heavy atom. The van der Waals surface area contributed by atoms with E-state index < -0.39 is 0 Å². The van der Waals surface area contributed by atoms with Gasteiger partial charge in [0.25, 0.3) is 0 Å². The van der Waals surface area contributed by atoms with E-state index in [0.717, 1.165) is 13.0 Å². The number of benzene rings is 1. The molecule has 2 amide bonds. The van der Waals surface area contributed by atoms with E-state index in [4.69, 9.17) is 0 Å². The molecule has 1 aromatic carbocycles. The second-order valence-corrected chi connectivity index (χ2v) is 6.04. The van der Waals surface area contributed by atoms with Crippen molar-refractivity contribution in [1.29, 1.82) is 0 Å². The number of carbonyl (C=O) groups is 2. The Kier molecular flexibility index (Phi) is 4.12. The van der Waals surface area contributed by atoms with Crippen molar-refractivity contribution in [3.05, 3.63) is 35.9 Å². The van der Waals surface area contributed by atoms with Crippen molar-refractivity contribution < 1.29 is 9.59 Å². The first-order valence-corrected chi connectivity index (χ1v) is 7.00. The summed E-state index contributed by atoms with van der Waals surface area (Å²) < 4.78 is 0. The summed E-state index contributed by atoms with van der Waals surface area (Å²) in [6.07, 6.45) is 0.947. The number of carbonyl (C=O) groups excluding carboxylic acids is 2. The number of amides is 2. The van der Waals surface area contributed by atoms with Gasteiger partial charge < -0.3 is 10.2 Å². The molecular formula is C16H22N2O2. The van der Waals surface area contributed by atoms with Crippen LogP contribution < -0.4 is 5.32 Å². The van der Waals surface area contributed by atoms with Crippen molar-refractivity contribution >= 4 is 11.8 Å². The Bertz CT molecular complexity index is 496. The van der Waals surface area contributed by atoms with E-state index in [1.54, 1.807) is 0 Å². The first-order valence-electron chi connectivity index (χ1n) is 7.00. The summed E-state index contributed by atoms with van der Waals surface area (Å²) in [5.41, 5.74) is 1.10. The van der Waals surface area contributed by atoms with Crippen molar-refractivity contribution in [2.75, 3.05) is 13.1 Å². The van der Waals surface area contributed by atoms with Crippen LogP contribution in [0.3, 0.4) is 0 Å². The first kappa shape index (κ1) is 14.6. The van der Waals surface area contributed by atoms with Gasteiger partial charge in [-0.25, -0.2) is 0 Å². The minimum Gasteiger partial charge on any atom is -0.347 e. The molecule has 0 aromatic heterocycles. The zero-order chi connectivity index (χ0) is 14.8. The molecule has 4 nitrogen and oxygen atoms in total. The second-order valence-electron chi connectivity index (χ2n) is 6.04. The summed E-state index contributed by atoms with van der Waals surface area (Å²) in [5, 5.41) is 2.58. The third-order valence-electron chi connectivity index (χ3n) is 3.94. The zero-order valence-corrected chi connectivity index (χ0v) is 12.3. The molecule has 1 unspecified atom stereocenters. The van der Waals surface area contributed by atoms with Crippen LogP contribution in [0.2, 0.25) is 0 Å². The van der Waals surface area contributed by atoms with Crippen molar-refractivity contribution in [3.63, 3.8) is 0 Å². The van der Waals surface area contributed by atoms with Gasteiger partial charge >= 0.3 is 0 Å². The molecule has 0 spiro atoms. The minimum atomic E-state index is -0.171. The number of nitrogens with zero attached hydrogens (tertiary/aromatic N) is 1. The SMILES string of the molecule is CC(=O)NCC(=O)N1CC(c2ccccc2)CC1(C)C. The van der Waals surface area contributed by atoms with Crippen molar-refractivity contribution in [1.82, 2.24) is 10.2 Å². The van der Waals surface area contributed by atoms with E-state index in [9.17, 15) is 9.59 Å². The van der Waals surface area contributed by atoms with Crippen LogP contribution >= 0.6 is 0 Å². The van der Waals surface area contributed by atoms with Crippen LogP contribution in [-0.4, -0.2) is 35.3 Å². The molecule has 108 valence electrons. The molecule has 0 saturated carbocycles. The molecule has 1 N–H and O–H groups in total. The highest BCUT2D eigenvalue weighted by molar-refractivity contribution is 5.84. The molecule has 0 radical (unpaired) electrons. The standard InChI is InChI=1S/C16H22N2O2/c1-12(19)17-10-15(20)18-11-14(9-16(18,2)3)13-7-5-4-6-8-13/h4-8,14H,9-11H2,1-3H3,(H,17,19). The predicted octanol–water partition coefficient (Wildman–Crippen LogP) is 1.92. The molecule has 1 fully saturated rings. The fourth-order valence-corrected chi connectivity index (χ4v) is 2.93. The molecule has 1 aliphatic rings. The van der Waals surface area contributed by atoms with E-state index in [1.807, 2.05) is 23.1 Å². The molecule has 4 heteroatoms. The normalized spacial score (nSPS) is 20.8. The second kappa shape index (κ2) is 5.65. The smallest absolute Gasteiger partial charge is 0.242 e. The van der Waals surface area contributed by atoms with Crippen LogP contribution in [-0.2, 0) is 9.59 Å². The fraction of sp³-hybridized carbons (Fsp3) is 0.500.